The molecule has 1 aliphatic rings. The number of aromatic nitrogens is 1. The Morgan fingerprint density at radius 1 is 1.43 bits per heavy atom. The summed E-state index contributed by atoms with van der Waals surface area (Å²) in [7, 11) is 0. The molecule has 1 amide bonds. The summed E-state index contributed by atoms with van der Waals surface area (Å²) >= 11 is 4.92. The van der Waals surface area contributed by atoms with Crippen molar-refractivity contribution in [1.29, 1.82) is 0 Å². The van der Waals surface area contributed by atoms with Gasteiger partial charge in [0.05, 0.1) is 12.1 Å². The van der Waals surface area contributed by atoms with Gasteiger partial charge in [-0.25, -0.2) is 9.78 Å². The molecule has 0 saturated carbocycles. The smallest absolute Gasteiger partial charge is 0.326 e. The minimum Gasteiger partial charge on any atom is -0.480 e. The van der Waals surface area contributed by atoms with Crippen LogP contribution < -0.4 is 0 Å². The maximum absolute atomic E-state index is 12.3. The lowest BCUT2D eigenvalue weighted by atomic mass is 10.2. The zero-order valence-electron chi connectivity index (χ0n) is 12.2. The number of benzene rings is 1. The summed E-state index contributed by atoms with van der Waals surface area (Å²) in [6.45, 7) is 0.512. The number of hydrogen-bond acceptors (Lipinski definition) is 4. The van der Waals surface area contributed by atoms with Gasteiger partial charge in [0, 0.05) is 22.0 Å². The SMILES string of the molecule is O=C(O)[C@H]1CCCN1C(=O)Cc1csc(-c2cccc(Br)c2)n1. The molecule has 23 heavy (non-hydrogen) atoms. The molecule has 0 radical (unpaired) electrons. The summed E-state index contributed by atoms with van der Waals surface area (Å²) in [6.07, 6.45) is 1.42. The second-order valence-corrected chi connectivity index (χ2v) is 7.19. The van der Waals surface area contributed by atoms with Crippen molar-refractivity contribution >= 4 is 39.1 Å². The Bertz CT molecular complexity index is 746. The number of halogens is 1. The van der Waals surface area contributed by atoms with Gasteiger partial charge in [0.15, 0.2) is 0 Å². The first kappa shape index (κ1) is 16.1. The van der Waals surface area contributed by atoms with Crippen LogP contribution in [-0.4, -0.2) is 39.5 Å². The molecule has 1 aromatic carbocycles. The van der Waals surface area contributed by atoms with Crippen molar-refractivity contribution in [3.05, 3.63) is 39.8 Å². The molecule has 5 nitrogen and oxygen atoms in total. The van der Waals surface area contributed by atoms with Crippen LogP contribution in [0.2, 0.25) is 0 Å². The van der Waals surface area contributed by atoms with Crippen molar-refractivity contribution < 1.29 is 14.7 Å². The van der Waals surface area contributed by atoms with E-state index in [0.717, 1.165) is 21.5 Å². The molecule has 2 aromatic rings. The number of amides is 1. The quantitative estimate of drug-likeness (QED) is 0.863. The molecule has 0 spiro atoms. The van der Waals surface area contributed by atoms with Gasteiger partial charge >= 0.3 is 5.97 Å². The molecule has 1 atom stereocenters. The fourth-order valence-electron chi connectivity index (χ4n) is 2.72. The Morgan fingerprint density at radius 3 is 3.00 bits per heavy atom. The Labute approximate surface area is 146 Å². The van der Waals surface area contributed by atoms with Crippen LogP contribution in [0.15, 0.2) is 34.1 Å². The molecule has 1 fully saturated rings. The number of nitrogens with zero attached hydrogens (tertiary/aromatic N) is 2. The molecule has 1 aromatic heterocycles. The molecular weight excluding hydrogens is 380 g/mol. The lowest BCUT2D eigenvalue weighted by Gasteiger charge is -2.20. The maximum Gasteiger partial charge on any atom is 0.326 e. The van der Waals surface area contributed by atoms with Crippen molar-refractivity contribution in [2.75, 3.05) is 6.54 Å². The molecule has 0 unspecified atom stereocenters. The van der Waals surface area contributed by atoms with Crippen LogP contribution in [-0.2, 0) is 16.0 Å². The second-order valence-electron chi connectivity index (χ2n) is 5.41. The highest BCUT2D eigenvalue weighted by molar-refractivity contribution is 9.10. The number of carbonyl (C=O) groups is 2. The first-order valence-corrected chi connectivity index (χ1v) is 8.94. The minimum atomic E-state index is -0.927. The molecule has 0 bridgehead atoms. The number of rotatable bonds is 4. The molecule has 2 heterocycles. The van der Waals surface area contributed by atoms with Gasteiger partial charge in [-0.15, -0.1) is 11.3 Å². The monoisotopic (exact) mass is 394 g/mol. The molecule has 1 aliphatic heterocycles. The third-order valence-electron chi connectivity index (χ3n) is 3.81. The lowest BCUT2D eigenvalue weighted by Crippen LogP contribution is -2.41. The summed E-state index contributed by atoms with van der Waals surface area (Å²) in [5.74, 6) is -1.09. The van der Waals surface area contributed by atoms with Crippen molar-refractivity contribution in [1.82, 2.24) is 9.88 Å². The van der Waals surface area contributed by atoms with E-state index in [9.17, 15) is 9.59 Å². The zero-order chi connectivity index (χ0) is 16.4. The number of aliphatic carboxylic acids is 1. The van der Waals surface area contributed by atoms with Gasteiger partial charge < -0.3 is 10.0 Å². The predicted octanol–water partition coefficient (Wildman–Crippen LogP) is 3.19. The summed E-state index contributed by atoms with van der Waals surface area (Å²) in [5, 5.41) is 11.9. The van der Waals surface area contributed by atoms with Crippen LogP contribution in [0.4, 0.5) is 0 Å². The van der Waals surface area contributed by atoms with Crippen LogP contribution in [0.3, 0.4) is 0 Å². The van der Waals surface area contributed by atoms with Gasteiger partial charge in [-0.05, 0) is 25.0 Å². The highest BCUT2D eigenvalue weighted by Crippen LogP contribution is 2.27. The molecule has 120 valence electrons. The van der Waals surface area contributed by atoms with E-state index in [4.69, 9.17) is 5.11 Å². The fraction of sp³-hybridized carbons (Fsp3) is 0.312. The van der Waals surface area contributed by atoms with Crippen molar-refractivity contribution in [3.63, 3.8) is 0 Å². The molecule has 3 rings (SSSR count). The predicted molar refractivity (Wildman–Crippen MR) is 91.3 cm³/mol. The average Bonchev–Trinajstić information content (AvgIpc) is 3.16. The molecule has 1 saturated heterocycles. The van der Waals surface area contributed by atoms with E-state index < -0.39 is 12.0 Å². The standard InChI is InChI=1S/C16H15BrN2O3S/c17-11-4-1-3-10(7-11)15-18-12(9-23-15)8-14(20)19-6-2-5-13(19)16(21)22/h1,3-4,7,9,13H,2,5-6,8H2,(H,21,22)/t13-/m1/s1. The van der Waals surface area contributed by atoms with Crippen LogP contribution in [0, 0.1) is 0 Å². The average molecular weight is 395 g/mol. The Balaban J connectivity index is 1.72. The molecule has 1 N–H and O–H groups in total. The highest BCUT2D eigenvalue weighted by atomic mass is 79.9. The topological polar surface area (TPSA) is 70.5 Å². The first-order chi connectivity index (χ1) is 11.0. The number of thiazole rings is 1. The largest absolute Gasteiger partial charge is 0.480 e. The van der Waals surface area contributed by atoms with E-state index in [1.165, 1.54) is 16.2 Å². The van der Waals surface area contributed by atoms with Crippen molar-refractivity contribution in [2.24, 2.45) is 0 Å². The van der Waals surface area contributed by atoms with E-state index >= 15 is 0 Å². The van der Waals surface area contributed by atoms with E-state index in [1.807, 2.05) is 29.6 Å². The Hall–Kier alpha value is -1.73. The van der Waals surface area contributed by atoms with E-state index in [0.29, 0.717) is 18.7 Å². The molecule has 7 heteroatoms. The number of likely N-dealkylation sites (tertiary alicyclic amines) is 1. The molecule has 0 aliphatic carbocycles. The zero-order valence-corrected chi connectivity index (χ0v) is 14.6. The van der Waals surface area contributed by atoms with Crippen molar-refractivity contribution in [3.8, 4) is 10.6 Å². The van der Waals surface area contributed by atoms with Crippen LogP contribution >= 0.6 is 27.3 Å². The molecular formula is C16H15BrN2O3S. The van der Waals surface area contributed by atoms with Crippen LogP contribution in [0.25, 0.3) is 10.6 Å². The fourth-order valence-corrected chi connectivity index (χ4v) is 3.94. The lowest BCUT2D eigenvalue weighted by molar-refractivity contribution is -0.148. The third-order valence-corrected chi connectivity index (χ3v) is 5.25. The van der Waals surface area contributed by atoms with Gasteiger partial charge in [-0.1, -0.05) is 28.1 Å². The highest BCUT2D eigenvalue weighted by Gasteiger charge is 2.33. The van der Waals surface area contributed by atoms with Gasteiger partial charge in [0.1, 0.15) is 11.0 Å². The maximum atomic E-state index is 12.3. The van der Waals surface area contributed by atoms with Gasteiger partial charge in [0.2, 0.25) is 5.91 Å². The minimum absolute atomic E-state index is 0.147. The number of hydrogen-bond donors (Lipinski definition) is 1. The van der Waals surface area contributed by atoms with Gasteiger partial charge in [-0.3, -0.25) is 4.79 Å². The third kappa shape index (κ3) is 3.61. The Morgan fingerprint density at radius 2 is 2.26 bits per heavy atom. The second kappa shape index (κ2) is 6.80. The van der Waals surface area contributed by atoms with E-state index in [-0.39, 0.29) is 12.3 Å². The number of carboxylic acids is 1. The van der Waals surface area contributed by atoms with E-state index in [2.05, 4.69) is 20.9 Å². The summed E-state index contributed by atoms with van der Waals surface area (Å²) in [5.41, 5.74) is 1.68. The van der Waals surface area contributed by atoms with Gasteiger partial charge in [-0.2, -0.15) is 0 Å². The number of carbonyl (C=O) groups excluding carboxylic acids is 1. The normalized spacial score (nSPS) is 17.4. The Kier molecular flexibility index (Phi) is 4.77. The van der Waals surface area contributed by atoms with Gasteiger partial charge in [0.25, 0.3) is 0 Å². The van der Waals surface area contributed by atoms with E-state index in [1.54, 1.807) is 0 Å². The number of carboxylic acid groups (broad SMARTS) is 1. The van der Waals surface area contributed by atoms with Crippen LogP contribution in [0.1, 0.15) is 18.5 Å². The summed E-state index contributed by atoms with van der Waals surface area (Å²) in [4.78, 5) is 29.5. The summed E-state index contributed by atoms with van der Waals surface area (Å²) in [6, 6.07) is 7.14. The summed E-state index contributed by atoms with van der Waals surface area (Å²) < 4.78 is 0.976. The van der Waals surface area contributed by atoms with Crippen molar-refractivity contribution in [2.45, 2.75) is 25.3 Å². The first-order valence-electron chi connectivity index (χ1n) is 7.27. The van der Waals surface area contributed by atoms with Crippen LogP contribution in [0.5, 0.6) is 0 Å².